The molecule has 0 aliphatic carbocycles. The zero-order valence-corrected chi connectivity index (χ0v) is 9.62. The maximum atomic E-state index is 5.09. The third kappa shape index (κ3) is 4.42. The van der Waals surface area contributed by atoms with Crippen molar-refractivity contribution in [1.82, 2.24) is 15.4 Å². The maximum Gasteiger partial charge on any atom is 0.162 e. The summed E-state index contributed by atoms with van der Waals surface area (Å²) in [6, 6.07) is 1.93. The molecule has 0 saturated heterocycles. The standard InChI is InChI=1S/C10H19N3O2/c1-11-4-5-13(2)7-9-6-10(8-14-3)15-12-9/h6,11H,4-5,7-8H2,1-3H3. The molecule has 0 spiro atoms. The lowest BCUT2D eigenvalue weighted by atomic mass is 10.3. The van der Waals surface area contributed by atoms with E-state index in [1.807, 2.05) is 13.1 Å². The minimum Gasteiger partial charge on any atom is -0.377 e. The summed E-state index contributed by atoms with van der Waals surface area (Å²) in [6.07, 6.45) is 0. The average molecular weight is 213 g/mol. The van der Waals surface area contributed by atoms with Crippen molar-refractivity contribution in [3.05, 3.63) is 17.5 Å². The van der Waals surface area contributed by atoms with Crippen molar-refractivity contribution >= 4 is 0 Å². The molecule has 0 radical (unpaired) electrons. The van der Waals surface area contributed by atoms with Gasteiger partial charge in [-0.2, -0.15) is 0 Å². The van der Waals surface area contributed by atoms with Crippen molar-refractivity contribution in [3.8, 4) is 0 Å². The molecule has 0 saturated carbocycles. The van der Waals surface area contributed by atoms with E-state index in [0.717, 1.165) is 31.1 Å². The average Bonchev–Trinajstić information content (AvgIpc) is 2.63. The number of rotatable bonds is 7. The SMILES string of the molecule is CNCCN(C)Cc1cc(COC)on1. The second-order valence-electron chi connectivity index (χ2n) is 3.56. The van der Waals surface area contributed by atoms with Gasteiger partial charge in [0.05, 0.1) is 5.69 Å². The molecule has 0 aliphatic rings. The summed E-state index contributed by atoms with van der Waals surface area (Å²) in [5, 5.41) is 7.07. The highest BCUT2D eigenvalue weighted by atomic mass is 16.5. The summed E-state index contributed by atoms with van der Waals surface area (Å²) in [4.78, 5) is 2.19. The maximum absolute atomic E-state index is 5.09. The van der Waals surface area contributed by atoms with Crippen LogP contribution in [0.4, 0.5) is 0 Å². The van der Waals surface area contributed by atoms with Gasteiger partial charge >= 0.3 is 0 Å². The van der Waals surface area contributed by atoms with Crippen molar-refractivity contribution < 1.29 is 9.26 Å². The van der Waals surface area contributed by atoms with Gasteiger partial charge in [0.1, 0.15) is 6.61 Å². The van der Waals surface area contributed by atoms with Crippen molar-refractivity contribution in [1.29, 1.82) is 0 Å². The number of methoxy groups -OCH3 is 1. The Hall–Kier alpha value is -0.910. The van der Waals surface area contributed by atoms with E-state index in [-0.39, 0.29) is 0 Å². The number of nitrogens with one attached hydrogen (secondary N) is 1. The molecule has 1 rings (SSSR count). The minimum absolute atomic E-state index is 0.479. The quantitative estimate of drug-likeness (QED) is 0.713. The largest absolute Gasteiger partial charge is 0.377 e. The first-order valence-corrected chi connectivity index (χ1v) is 5.02. The Kier molecular flexibility index (Phi) is 5.31. The summed E-state index contributed by atoms with van der Waals surface area (Å²) in [5.41, 5.74) is 0.945. The molecule has 5 heteroatoms. The van der Waals surface area contributed by atoms with Gasteiger partial charge < -0.3 is 14.6 Å². The molecule has 0 aliphatic heterocycles. The van der Waals surface area contributed by atoms with Gasteiger partial charge in [0.15, 0.2) is 5.76 Å². The van der Waals surface area contributed by atoms with Gasteiger partial charge in [-0.1, -0.05) is 5.16 Å². The van der Waals surface area contributed by atoms with Crippen molar-refractivity contribution in [2.24, 2.45) is 0 Å². The van der Waals surface area contributed by atoms with Crippen LogP contribution < -0.4 is 5.32 Å². The molecule has 5 nitrogen and oxygen atoms in total. The molecule has 1 aromatic heterocycles. The van der Waals surface area contributed by atoms with Gasteiger partial charge in [-0.05, 0) is 14.1 Å². The van der Waals surface area contributed by atoms with Gasteiger partial charge in [-0.3, -0.25) is 4.90 Å². The van der Waals surface area contributed by atoms with Crippen LogP contribution in [0.2, 0.25) is 0 Å². The van der Waals surface area contributed by atoms with Crippen molar-refractivity contribution in [2.75, 3.05) is 34.3 Å². The van der Waals surface area contributed by atoms with Crippen molar-refractivity contribution in [3.63, 3.8) is 0 Å². The number of likely N-dealkylation sites (N-methyl/N-ethyl adjacent to an activating group) is 2. The normalized spacial score (nSPS) is 11.2. The highest BCUT2D eigenvalue weighted by molar-refractivity contribution is 5.04. The number of hydrogen-bond acceptors (Lipinski definition) is 5. The number of nitrogens with zero attached hydrogens (tertiary/aromatic N) is 2. The number of hydrogen-bond donors (Lipinski definition) is 1. The third-order valence-corrected chi connectivity index (χ3v) is 2.07. The van der Waals surface area contributed by atoms with E-state index in [9.17, 15) is 0 Å². The lowest BCUT2D eigenvalue weighted by Crippen LogP contribution is -2.27. The molecule has 0 unspecified atom stereocenters. The predicted octanol–water partition coefficient (Wildman–Crippen LogP) is 0.472. The zero-order chi connectivity index (χ0) is 11.1. The van der Waals surface area contributed by atoms with E-state index in [4.69, 9.17) is 9.26 Å². The summed E-state index contributed by atoms with van der Waals surface area (Å²) in [5.74, 6) is 0.773. The molecule has 15 heavy (non-hydrogen) atoms. The number of ether oxygens (including phenoxy) is 1. The zero-order valence-electron chi connectivity index (χ0n) is 9.62. The molecule has 1 N–H and O–H groups in total. The van der Waals surface area contributed by atoms with Gasteiger partial charge in [-0.25, -0.2) is 0 Å². The fourth-order valence-electron chi connectivity index (χ4n) is 1.30. The van der Waals surface area contributed by atoms with Crippen LogP contribution in [-0.4, -0.2) is 44.4 Å². The van der Waals surface area contributed by atoms with Crippen LogP contribution in [0.15, 0.2) is 10.6 Å². The molecule has 0 amide bonds. The van der Waals surface area contributed by atoms with Crippen LogP contribution in [0.1, 0.15) is 11.5 Å². The van der Waals surface area contributed by atoms with Crippen LogP contribution in [-0.2, 0) is 17.9 Å². The summed E-state index contributed by atoms with van der Waals surface area (Å²) < 4.78 is 10.0. The Morgan fingerprint density at radius 1 is 1.60 bits per heavy atom. The second kappa shape index (κ2) is 6.55. The Morgan fingerprint density at radius 2 is 2.40 bits per heavy atom. The monoisotopic (exact) mass is 213 g/mol. The first kappa shape index (κ1) is 12.2. The van der Waals surface area contributed by atoms with E-state index >= 15 is 0 Å². The van der Waals surface area contributed by atoms with Gasteiger partial charge in [0.25, 0.3) is 0 Å². The van der Waals surface area contributed by atoms with Crippen LogP contribution >= 0.6 is 0 Å². The topological polar surface area (TPSA) is 50.5 Å². The van der Waals surface area contributed by atoms with Crippen LogP contribution in [0.3, 0.4) is 0 Å². The van der Waals surface area contributed by atoms with Gasteiger partial charge in [0, 0.05) is 32.8 Å². The highest BCUT2D eigenvalue weighted by Gasteiger charge is 2.06. The van der Waals surface area contributed by atoms with Crippen molar-refractivity contribution in [2.45, 2.75) is 13.2 Å². The summed E-state index contributed by atoms with van der Waals surface area (Å²) in [6.45, 7) is 3.24. The van der Waals surface area contributed by atoms with Crippen LogP contribution in [0.5, 0.6) is 0 Å². The lowest BCUT2D eigenvalue weighted by Gasteiger charge is -2.13. The molecular weight excluding hydrogens is 194 g/mol. The van der Waals surface area contributed by atoms with Crippen LogP contribution in [0, 0.1) is 0 Å². The fourth-order valence-corrected chi connectivity index (χ4v) is 1.30. The minimum atomic E-state index is 0.479. The molecule has 0 bridgehead atoms. The molecule has 1 aromatic rings. The summed E-state index contributed by atoms with van der Waals surface area (Å²) in [7, 11) is 5.64. The third-order valence-electron chi connectivity index (χ3n) is 2.07. The number of aromatic nitrogens is 1. The molecule has 0 aromatic carbocycles. The first-order valence-electron chi connectivity index (χ1n) is 5.02. The highest BCUT2D eigenvalue weighted by Crippen LogP contribution is 2.06. The smallest absolute Gasteiger partial charge is 0.162 e. The summed E-state index contributed by atoms with van der Waals surface area (Å²) >= 11 is 0. The first-order chi connectivity index (χ1) is 7.26. The van der Waals surface area contributed by atoms with Gasteiger partial charge in [0.2, 0.25) is 0 Å². The second-order valence-corrected chi connectivity index (χ2v) is 3.56. The molecule has 0 atom stereocenters. The Balaban J connectivity index is 2.35. The van der Waals surface area contributed by atoms with E-state index in [1.54, 1.807) is 7.11 Å². The fraction of sp³-hybridized carbons (Fsp3) is 0.700. The molecular formula is C10H19N3O2. The Labute approximate surface area is 90.4 Å². The van der Waals surface area contributed by atoms with Crippen LogP contribution in [0.25, 0.3) is 0 Å². The molecule has 86 valence electrons. The predicted molar refractivity (Wildman–Crippen MR) is 57.5 cm³/mol. The van der Waals surface area contributed by atoms with Gasteiger partial charge in [-0.15, -0.1) is 0 Å². The molecule has 0 fully saturated rings. The lowest BCUT2D eigenvalue weighted by molar-refractivity contribution is 0.155. The van der Waals surface area contributed by atoms with E-state index in [1.165, 1.54) is 0 Å². The molecule has 1 heterocycles. The Bertz CT molecular complexity index is 275. The Morgan fingerprint density at radius 3 is 3.07 bits per heavy atom. The van der Waals surface area contributed by atoms with E-state index in [2.05, 4.69) is 22.4 Å². The van der Waals surface area contributed by atoms with E-state index in [0.29, 0.717) is 6.61 Å². The van der Waals surface area contributed by atoms with E-state index < -0.39 is 0 Å².